The average molecular weight is 242 g/mol. The van der Waals surface area contributed by atoms with Gasteiger partial charge in [0.25, 0.3) is 0 Å². The van der Waals surface area contributed by atoms with E-state index in [-0.39, 0.29) is 5.78 Å². The zero-order chi connectivity index (χ0) is 13.1. The largest absolute Gasteiger partial charge is 0.335 e. The Kier molecular flexibility index (Phi) is 3.60. The minimum absolute atomic E-state index is 0.0778. The third-order valence-corrected chi connectivity index (χ3v) is 3.00. The number of nitrogens with one attached hydrogen (secondary N) is 1. The molecule has 2 aromatic rings. The van der Waals surface area contributed by atoms with Crippen LogP contribution in [0, 0.1) is 13.8 Å². The van der Waals surface area contributed by atoms with Crippen LogP contribution in [0.5, 0.6) is 0 Å². The molecule has 0 spiro atoms. The number of rotatable bonds is 4. The van der Waals surface area contributed by atoms with Gasteiger partial charge in [0.2, 0.25) is 0 Å². The fourth-order valence-electron chi connectivity index (χ4n) is 1.97. The number of aromatic nitrogens is 2. The van der Waals surface area contributed by atoms with E-state index in [1.165, 1.54) is 11.1 Å². The number of aromatic amines is 1. The first-order valence-corrected chi connectivity index (χ1v) is 6.27. The Hall–Kier alpha value is -1.90. The summed E-state index contributed by atoms with van der Waals surface area (Å²) in [4.78, 5) is 19.0. The van der Waals surface area contributed by atoms with Gasteiger partial charge in [0, 0.05) is 12.0 Å². The Morgan fingerprint density at radius 1 is 1.33 bits per heavy atom. The van der Waals surface area contributed by atoms with E-state index in [4.69, 9.17) is 0 Å². The first-order chi connectivity index (χ1) is 8.61. The van der Waals surface area contributed by atoms with E-state index < -0.39 is 0 Å². The molecule has 94 valence electrons. The highest BCUT2D eigenvalue weighted by Gasteiger charge is 2.11. The van der Waals surface area contributed by atoms with Crippen molar-refractivity contribution in [2.75, 3.05) is 0 Å². The lowest BCUT2D eigenvalue weighted by Gasteiger charge is -2.04. The number of H-pyrrole nitrogens is 1. The fourth-order valence-corrected chi connectivity index (χ4v) is 1.97. The smallest absolute Gasteiger partial charge is 0.198 e. The van der Waals surface area contributed by atoms with Crippen molar-refractivity contribution in [2.24, 2.45) is 0 Å². The van der Waals surface area contributed by atoms with Crippen molar-refractivity contribution in [2.45, 2.75) is 33.6 Å². The van der Waals surface area contributed by atoms with Gasteiger partial charge < -0.3 is 4.98 Å². The topological polar surface area (TPSA) is 45.8 Å². The molecule has 0 aliphatic rings. The molecule has 0 fully saturated rings. The van der Waals surface area contributed by atoms with Crippen LogP contribution in [0.2, 0.25) is 0 Å². The number of carbonyl (C=O) groups is 1. The molecule has 0 aliphatic carbocycles. The molecule has 0 saturated carbocycles. The summed E-state index contributed by atoms with van der Waals surface area (Å²) in [6.07, 6.45) is 3.13. The molecule has 0 bridgehead atoms. The van der Waals surface area contributed by atoms with Crippen LogP contribution < -0.4 is 0 Å². The van der Waals surface area contributed by atoms with Crippen molar-refractivity contribution in [3.63, 3.8) is 0 Å². The van der Waals surface area contributed by atoms with Crippen LogP contribution in [0.15, 0.2) is 24.4 Å². The third kappa shape index (κ3) is 2.50. The number of aryl methyl sites for hydroxylation is 2. The van der Waals surface area contributed by atoms with Crippen LogP contribution in [0.1, 0.15) is 41.5 Å². The fraction of sp³-hybridized carbons (Fsp3) is 0.333. The molecule has 1 N–H and O–H groups in total. The summed E-state index contributed by atoms with van der Waals surface area (Å²) in [5.41, 5.74) is 4.40. The number of imidazole rings is 1. The maximum atomic E-state index is 11.7. The summed E-state index contributed by atoms with van der Waals surface area (Å²) in [5, 5.41) is 0. The summed E-state index contributed by atoms with van der Waals surface area (Å²) < 4.78 is 0. The molecule has 0 radical (unpaired) electrons. The predicted molar refractivity (Wildman–Crippen MR) is 72.7 cm³/mol. The van der Waals surface area contributed by atoms with E-state index in [0.29, 0.717) is 12.2 Å². The second-order valence-electron chi connectivity index (χ2n) is 4.64. The zero-order valence-electron chi connectivity index (χ0n) is 11.1. The molecule has 1 aromatic heterocycles. The molecule has 3 heteroatoms. The summed E-state index contributed by atoms with van der Waals surface area (Å²) in [6, 6.07) is 6.27. The van der Waals surface area contributed by atoms with E-state index in [1.807, 2.05) is 6.92 Å². The summed E-state index contributed by atoms with van der Waals surface area (Å²) in [6.45, 7) is 6.11. The first-order valence-electron chi connectivity index (χ1n) is 6.27. The number of hydrogen-bond acceptors (Lipinski definition) is 2. The molecule has 0 atom stereocenters. The van der Waals surface area contributed by atoms with Gasteiger partial charge in [0.05, 0.1) is 11.9 Å². The van der Waals surface area contributed by atoms with Crippen LogP contribution in [-0.4, -0.2) is 15.8 Å². The van der Waals surface area contributed by atoms with Crippen LogP contribution >= 0.6 is 0 Å². The molecule has 3 nitrogen and oxygen atoms in total. The molecule has 0 saturated heterocycles. The number of nitrogens with zero attached hydrogens (tertiary/aromatic N) is 1. The highest BCUT2D eigenvalue weighted by Crippen LogP contribution is 2.23. The van der Waals surface area contributed by atoms with Gasteiger partial charge in [0.15, 0.2) is 11.6 Å². The molecule has 0 amide bonds. The van der Waals surface area contributed by atoms with E-state index in [2.05, 4.69) is 42.0 Å². The van der Waals surface area contributed by atoms with E-state index in [1.54, 1.807) is 6.20 Å². The van der Waals surface area contributed by atoms with Crippen LogP contribution in [-0.2, 0) is 0 Å². The second-order valence-corrected chi connectivity index (χ2v) is 4.64. The molecule has 2 rings (SSSR count). The van der Waals surface area contributed by atoms with Crippen LogP contribution in [0.3, 0.4) is 0 Å². The number of ketones is 1. The van der Waals surface area contributed by atoms with Gasteiger partial charge >= 0.3 is 0 Å². The predicted octanol–water partition coefficient (Wildman–Crippen LogP) is 3.68. The van der Waals surface area contributed by atoms with Gasteiger partial charge in [0.1, 0.15) is 0 Å². The SMILES string of the molecule is CCCC(=O)c1ncc(-c2cc(C)ccc2C)[nH]1. The Labute approximate surface area is 107 Å². The van der Waals surface area contributed by atoms with Gasteiger partial charge in [-0.25, -0.2) is 4.98 Å². The summed E-state index contributed by atoms with van der Waals surface area (Å²) in [5.74, 6) is 0.543. The molecule has 18 heavy (non-hydrogen) atoms. The van der Waals surface area contributed by atoms with Crippen molar-refractivity contribution in [3.05, 3.63) is 41.3 Å². The van der Waals surface area contributed by atoms with E-state index >= 15 is 0 Å². The number of benzene rings is 1. The third-order valence-electron chi connectivity index (χ3n) is 3.00. The molecule has 0 unspecified atom stereocenters. The lowest BCUT2D eigenvalue weighted by atomic mass is 10.0. The summed E-state index contributed by atoms with van der Waals surface area (Å²) in [7, 11) is 0. The van der Waals surface area contributed by atoms with Crippen molar-refractivity contribution in [1.29, 1.82) is 0 Å². The van der Waals surface area contributed by atoms with Crippen molar-refractivity contribution < 1.29 is 4.79 Å². The maximum absolute atomic E-state index is 11.7. The van der Waals surface area contributed by atoms with E-state index in [0.717, 1.165) is 17.7 Å². The first kappa shape index (κ1) is 12.6. The Morgan fingerprint density at radius 2 is 2.11 bits per heavy atom. The number of carbonyl (C=O) groups excluding carboxylic acids is 1. The highest BCUT2D eigenvalue weighted by molar-refractivity contribution is 5.93. The minimum Gasteiger partial charge on any atom is -0.335 e. The zero-order valence-corrected chi connectivity index (χ0v) is 11.1. The minimum atomic E-state index is 0.0778. The van der Waals surface area contributed by atoms with Crippen molar-refractivity contribution in [1.82, 2.24) is 9.97 Å². The summed E-state index contributed by atoms with van der Waals surface area (Å²) >= 11 is 0. The highest BCUT2D eigenvalue weighted by atomic mass is 16.1. The number of Topliss-reactive ketones (excluding diaryl/α,β-unsaturated/α-hetero) is 1. The maximum Gasteiger partial charge on any atom is 0.198 e. The molecule has 1 heterocycles. The normalized spacial score (nSPS) is 10.6. The molecule has 0 aliphatic heterocycles. The Balaban J connectivity index is 2.35. The second kappa shape index (κ2) is 5.17. The van der Waals surface area contributed by atoms with Gasteiger partial charge in [-0.3, -0.25) is 4.79 Å². The lowest BCUT2D eigenvalue weighted by Crippen LogP contribution is -2.00. The van der Waals surface area contributed by atoms with Gasteiger partial charge in [-0.2, -0.15) is 0 Å². The molecular formula is C15H18N2O. The molecule has 1 aromatic carbocycles. The molecular weight excluding hydrogens is 224 g/mol. The monoisotopic (exact) mass is 242 g/mol. The van der Waals surface area contributed by atoms with Gasteiger partial charge in [-0.15, -0.1) is 0 Å². The average Bonchev–Trinajstić information content (AvgIpc) is 2.82. The van der Waals surface area contributed by atoms with Gasteiger partial charge in [-0.1, -0.05) is 24.6 Å². The van der Waals surface area contributed by atoms with E-state index in [9.17, 15) is 4.79 Å². The quantitative estimate of drug-likeness (QED) is 0.831. The van der Waals surface area contributed by atoms with Crippen molar-refractivity contribution >= 4 is 5.78 Å². The number of hydrogen-bond donors (Lipinski definition) is 1. The Morgan fingerprint density at radius 3 is 2.83 bits per heavy atom. The standard InChI is InChI=1S/C15H18N2O/c1-4-5-14(18)15-16-9-13(17-15)12-8-10(2)6-7-11(12)3/h6-9H,4-5H2,1-3H3,(H,16,17). The van der Waals surface area contributed by atoms with Crippen molar-refractivity contribution in [3.8, 4) is 11.3 Å². The van der Waals surface area contributed by atoms with Crippen LogP contribution in [0.4, 0.5) is 0 Å². The van der Waals surface area contributed by atoms with Crippen LogP contribution in [0.25, 0.3) is 11.3 Å². The Bertz CT molecular complexity index is 570. The lowest BCUT2D eigenvalue weighted by molar-refractivity contribution is 0.0972. The van der Waals surface area contributed by atoms with Gasteiger partial charge in [-0.05, 0) is 31.9 Å².